The van der Waals surface area contributed by atoms with Crippen molar-refractivity contribution in [3.05, 3.63) is 383 Å². The normalized spacial score (nSPS) is 10.9. The monoisotopic (exact) mass is 1460 g/mol. The number of halogens is 12. The van der Waals surface area contributed by atoms with Crippen LogP contribution in [0.4, 0.5) is 52.7 Å². The minimum absolute atomic E-state index is 0.0833. The quantitative estimate of drug-likeness (QED) is 0.0592. The minimum Gasteiger partial charge on any atom is -0.309 e. The Morgan fingerprint density at radius 2 is 0.471 bits per heavy atom. The summed E-state index contributed by atoms with van der Waals surface area (Å²) in [6.45, 7) is 19.6. The van der Waals surface area contributed by atoms with Crippen molar-refractivity contribution in [2.24, 2.45) is 0 Å². The SMILES string of the molecule is Cc1c(F)c(F)c(-c2c(F)c(F)c(C)c(F)c2F)c(F)c1F.Cc1c(F)c(F)c(C)c(F)c1F.Cc1ccc(C(=O)c2ccc(C)cc2)cc1.Cc1ccc(Cc2ccc(C)cc2)cc1.Cc1ccc(P(=O)(c2ccccc2)c2ccc(C)cc2)cc1.Cc1ccc(S(=O)(=O)c2ccc(C)cc2)cc1. The molecule has 12 rings (SSSR count). The Morgan fingerprint density at radius 3 is 0.721 bits per heavy atom. The second kappa shape index (κ2) is 35.7. The van der Waals surface area contributed by atoms with Crippen LogP contribution in [0.1, 0.15) is 93.8 Å². The maximum absolute atomic E-state index is 14.0. The molecule has 0 aromatic heterocycles. The Kier molecular flexibility index (Phi) is 27.8. The van der Waals surface area contributed by atoms with Crippen molar-refractivity contribution in [1.29, 1.82) is 0 Å². The zero-order valence-corrected chi connectivity index (χ0v) is 60.8. The molecule has 104 heavy (non-hydrogen) atoms. The third-order valence-electron chi connectivity index (χ3n) is 16.8. The first-order valence-electron chi connectivity index (χ1n) is 32.5. The third-order valence-corrected chi connectivity index (χ3v) is 21.6. The van der Waals surface area contributed by atoms with Crippen LogP contribution in [-0.2, 0) is 20.8 Å². The van der Waals surface area contributed by atoms with Crippen LogP contribution in [-0.4, -0.2) is 14.2 Å². The average molecular weight is 1460 g/mol. The molecule has 0 bridgehead atoms. The molecule has 0 N–H and O–H groups in total. The third kappa shape index (κ3) is 19.7. The number of rotatable bonds is 10. The molecule has 0 saturated carbocycles. The lowest BCUT2D eigenvalue weighted by molar-refractivity contribution is 0.103. The largest absolute Gasteiger partial charge is 0.309 e. The summed E-state index contributed by atoms with van der Waals surface area (Å²) in [6, 6.07) is 72.5. The van der Waals surface area contributed by atoms with E-state index in [9.17, 15) is 70.5 Å². The van der Waals surface area contributed by atoms with Crippen molar-refractivity contribution in [2.45, 2.75) is 99.3 Å². The highest BCUT2D eigenvalue weighted by Crippen LogP contribution is 2.43. The van der Waals surface area contributed by atoms with Crippen LogP contribution in [0.3, 0.4) is 0 Å². The standard InChI is InChI=1S/C20H19OP.C15H14O.C15H16.C14H6F8.C14H14O2S.C8H6F4/c1-16-8-12-19(13-9-16)22(21,18-6-4-3-5-7-18)20-14-10-17(2)11-15-20;1-11-3-7-13(8-4-11)15(16)14-9-5-12(2)6-10-14;1-12-3-7-14(8-4-12)11-15-9-5-13(2)6-10-15;1-3-7(15)11(19)5(12(20)8(3)16)6-13(21)9(17)4(2)10(18)14(6)22;1-11-3-7-13(8-4-11)17(15,16)14-9-5-12(2)6-10-14;1-3-5(9)7(11)4(2)8(12)6(3)10/h3-15H,1-2H3;3-10H,1-2H3;3-10H,11H2,1-2H3;1-2H3;3-10H,1-2H3;1-2H3. The van der Waals surface area contributed by atoms with E-state index in [0.29, 0.717) is 23.6 Å². The Hall–Kier alpha value is -10.4. The summed E-state index contributed by atoms with van der Waals surface area (Å²) >= 11 is 0. The van der Waals surface area contributed by atoms with Crippen molar-refractivity contribution in [1.82, 2.24) is 0 Å². The van der Waals surface area contributed by atoms with Crippen LogP contribution >= 0.6 is 7.14 Å². The summed E-state index contributed by atoms with van der Waals surface area (Å²) in [6.07, 6.45) is 1.03. The van der Waals surface area contributed by atoms with Gasteiger partial charge in [-0.05, 0) is 125 Å². The highest BCUT2D eigenvalue weighted by molar-refractivity contribution is 7.91. The first-order chi connectivity index (χ1) is 49.1. The predicted molar refractivity (Wildman–Crippen MR) is 391 cm³/mol. The molecule has 538 valence electrons. The summed E-state index contributed by atoms with van der Waals surface area (Å²) in [5, 5.41) is 2.64. The zero-order valence-electron chi connectivity index (χ0n) is 59.1. The Labute approximate surface area is 599 Å². The van der Waals surface area contributed by atoms with Gasteiger partial charge in [0.15, 0.2) is 82.7 Å². The topological polar surface area (TPSA) is 68.3 Å². The van der Waals surface area contributed by atoms with Crippen LogP contribution in [0.5, 0.6) is 0 Å². The summed E-state index contributed by atoms with van der Waals surface area (Å²) in [5.41, 5.74) is 6.55. The van der Waals surface area contributed by atoms with Gasteiger partial charge >= 0.3 is 0 Å². The number of hydrogen-bond acceptors (Lipinski definition) is 4. The van der Waals surface area contributed by atoms with Gasteiger partial charge in [0.25, 0.3) is 0 Å². The number of hydrogen-bond donors (Lipinski definition) is 0. The summed E-state index contributed by atoms with van der Waals surface area (Å²) in [4.78, 5) is 12.7. The lowest BCUT2D eigenvalue weighted by atomic mass is 9.98. The predicted octanol–water partition coefficient (Wildman–Crippen LogP) is 22.5. The Morgan fingerprint density at radius 1 is 0.269 bits per heavy atom. The number of benzene rings is 12. The maximum Gasteiger partial charge on any atom is 0.206 e. The van der Waals surface area contributed by atoms with E-state index in [0.717, 1.165) is 58.4 Å². The lowest BCUT2D eigenvalue weighted by Crippen LogP contribution is -2.25. The van der Waals surface area contributed by atoms with E-state index in [-0.39, 0.29) is 5.78 Å². The molecule has 0 saturated heterocycles. The van der Waals surface area contributed by atoms with Crippen molar-refractivity contribution >= 4 is 38.7 Å². The fraction of sp³-hybridized carbons (Fsp3) is 0.151. The summed E-state index contributed by atoms with van der Waals surface area (Å²) in [5.74, 6) is -21.5. The average Bonchev–Trinajstić information content (AvgIpc) is 0.764. The molecule has 0 aliphatic rings. The Balaban J connectivity index is 0.000000176. The lowest BCUT2D eigenvalue weighted by Gasteiger charge is -2.20. The molecule has 18 heteroatoms. The molecular formula is C86H75F12O4PS. The van der Waals surface area contributed by atoms with Gasteiger partial charge in [0, 0.05) is 49.3 Å². The van der Waals surface area contributed by atoms with Gasteiger partial charge in [-0.1, -0.05) is 245 Å². The van der Waals surface area contributed by atoms with Crippen molar-refractivity contribution < 1.29 is 70.5 Å². The van der Waals surface area contributed by atoms with E-state index < -0.39 is 120 Å². The molecule has 0 unspecified atom stereocenters. The van der Waals surface area contributed by atoms with Gasteiger partial charge < -0.3 is 4.57 Å². The molecule has 12 aromatic rings. The maximum atomic E-state index is 14.0. The van der Waals surface area contributed by atoms with Crippen LogP contribution in [0.25, 0.3) is 11.1 Å². The second-order valence-corrected chi connectivity index (χ2v) is 29.7. The van der Waals surface area contributed by atoms with Crippen molar-refractivity contribution in [3.8, 4) is 11.1 Å². The van der Waals surface area contributed by atoms with E-state index in [1.165, 1.54) is 44.5 Å². The summed E-state index contributed by atoms with van der Waals surface area (Å²) in [7, 11) is -6.19. The molecule has 4 nitrogen and oxygen atoms in total. The number of carbonyl (C=O) groups excluding carboxylic acids is 1. The van der Waals surface area contributed by atoms with Gasteiger partial charge in [0.1, 0.15) is 0 Å². The molecule has 0 heterocycles. The van der Waals surface area contributed by atoms with E-state index in [1.807, 2.05) is 169 Å². The molecule has 0 atom stereocenters. The Bertz CT molecular complexity index is 4710. The fourth-order valence-electron chi connectivity index (χ4n) is 10.2. The van der Waals surface area contributed by atoms with E-state index >= 15 is 0 Å². The van der Waals surface area contributed by atoms with Gasteiger partial charge in [-0.25, -0.2) is 61.1 Å². The molecule has 0 aliphatic carbocycles. The molecule has 0 radical (unpaired) electrons. The van der Waals surface area contributed by atoms with Crippen molar-refractivity contribution in [3.63, 3.8) is 0 Å². The van der Waals surface area contributed by atoms with Crippen LogP contribution < -0.4 is 15.9 Å². The molecule has 0 amide bonds. The first kappa shape index (κ1) is 81.0. The smallest absolute Gasteiger partial charge is 0.206 e. The first-order valence-corrected chi connectivity index (χ1v) is 35.7. The van der Waals surface area contributed by atoms with E-state index in [2.05, 4.69) is 62.4 Å². The number of sulfone groups is 1. The van der Waals surface area contributed by atoms with Crippen LogP contribution in [0.15, 0.2) is 234 Å². The fourth-order valence-corrected chi connectivity index (χ4v) is 14.0. The summed E-state index contributed by atoms with van der Waals surface area (Å²) < 4.78 is 198. The number of ketones is 1. The molecule has 0 spiro atoms. The van der Waals surface area contributed by atoms with Crippen LogP contribution in [0, 0.1) is 153 Å². The van der Waals surface area contributed by atoms with Gasteiger partial charge in [-0.3, -0.25) is 4.79 Å². The molecule has 0 fully saturated rings. The molecular weight excluding hydrogens is 1390 g/mol. The van der Waals surface area contributed by atoms with Crippen molar-refractivity contribution in [2.75, 3.05) is 0 Å². The van der Waals surface area contributed by atoms with Gasteiger partial charge in [-0.15, -0.1) is 0 Å². The molecule has 0 aliphatic heterocycles. The van der Waals surface area contributed by atoms with Gasteiger partial charge in [-0.2, -0.15) is 0 Å². The number of aryl methyl sites for hydroxylation is 8. The second-order valence-electron chi connectivity index (χ2n) is 25.0. The van der Waals surface area contributed by atoms with Gasteiger partial charge in [0.05, 0.1) is 20.9 Å². The number of carbonyl (C=O) groups is 1. The van der Waals surface area contributed by atoms with E-state index in [4.69, 9.17) is 0 Å². The molecule has 12 aromatic carbocycles. The highest BCUT2D eigenvalue weighted by atomic mass is 32.2. The highest BCUT2D eigenvalue weighted by Gasteiger charge is 2.33. The van der Waals surface area contributed by atoms with Crippen LogP contribution in [0.2, 0.25) is 0 Å². The minimum atomic E-state index is -3.37. The van der Waals surface area contributed by atoms with Gasteiger partial charge in [0.2, 0.25) is 9.84 Å². The van der Waals surface area contributed by atoms with E-state index in [1.54, 1.807) is 48.5 Å². The zero-order chi connectivity index (χ0) is 76.7.